The van der Waals surface area contributed by atoms with Crippen LogP contribution in [0.15, 0.2) is 70.7 Å². The molecule has 34 heavy (non-hydrogen) atoms. The van der Waals surface area contributed by atoms with Crippen LogP contribution >= 0.6 is 23.4 Å². The number of fused-ring (bicyclic) bond motifs is 1. The largest absolute Gasteiger partial charge is 0.480 e. The van der Waals surface area contributed by atoms with Crippen molar-refractivity contribution in [2.24, 2.45) is 0 Å². The van der Waals surface area contributed by atoms with Crippen LogP contribution in [0.1, 0.15) is 12.5 Å². The number of hydrogen-bond donors (Lipinski definition) is 1. The molecule has 170 valence electrons. The zero-order valence-electron chi connectivity index (χ0n) is 18.2. The number of terminal acetylenes is 1. The van der Waals surface area contributed by atoms with Crippen LogP contribution < -0.4 is 4.74 Å². The Morgan fingerprint density at radius 1 is 1.18 bits per heavy atom. The van der Waals surface area contributed by atoms with Crippen LogP contribution in [-0.4, -0.2) is 32.4 Å². The van der Waals surface area contributed by atoms with Gasteiger partial charge in [-0.3, -0.25) is 0 Å². The van der Waals surface area contributed by atoms with E-state index in [9.17, 15) is 9.90 Å². The molecule has 0 amide bonds. The lowest BCUT2D eigenvalue weighted by molar-refractivity contribution is -0.131. The van der Waals surface area contributed by atoms with E-state index in [-0.39, 0.29) is 11.5 Å². The molecule has 0 radical (unpaired) electrons. The Labute approximate surface area is 206 Å². The van der Waals surface area contributed by atoms with E-state index in [0.717, 1.165) is 28.1 Å². The molecular formula is C26H20ClN3O3S. The quantitative estimate of drug-likeness (QED) is 0.186. The van der Waals surface area contributed by atoms with Gasteiger partial charge in [0.25, 0.3) is 0 Å². The van der Waals surface area contributed by atoms with Gasteiger partial charge in [-0.1, -0.05) is 47.9 Å². The summed E-state index contributed by atoms with van der Waals surface area (Å²) >= 11 is 7.04. The fraction of sp³-hybridized carbons (Fsp3) is 0.115. The van der Waals surface area contributed by atoms with Crippen molar-refractivity contribution >= 4 is 46.2 Å². The van der Waals surface area contributed by atoms with E-state index in [0.29, 0.717) is 33.9 Å². The van der Waals surface area contributed by atoms with E-state index in [1.165, 1.54) is 0 Å². The highest BCUT2D eigenvalue weighted by Gasteiger charge is 2.19. The van der Waals surface area contributed by atoms with Crippen molar-refractivity contribution in [3.05, 3.63) is 76.2 Å². The first kappa shape index (κ1) is 23.4. The first-order valence-electron chi connectivity index (χ1n) is 10.4. The number of carboxylic acids is 1. The Morgan fingerprint density at radius 3 is 2.65 bits per heavy atom. The van der Waals surface area contributed by atoms with Gasteiger partial charge in [0.15, 0.2) is 11.0 Å². The molecule has 6 nitrogen and oxygen atoms in total. The lowest BCUT2D eigenvalue weighted by Gasteiger charge is -2.12. The number of thioether (sulfide) groups is 1. The maximum absolute atomic E-state index is 12.2. The van der Waals surface area contributed by atoms with Gasteiger partial charge in [-0.25, -0.2) is 4.79 Å². The maximum Gasteiger partial charge on any atom is 0.342 e. The second-order valence-corrected chi connectivity index (χ2v) is 8.61. The number of carboxylic acid groups (broad SMARTS) is 1. The highest BCUT2D eigenvalue weighted by molar-refractivity contribution is 8.04. The summed E-state index contributed by atoms with van der Waals surface area (Å²) in [5, 5.41) is 21.5. The van der Waals surface area contributed by atoms with Crippen molar-refractivity contribution in [3.63, 3.8) is 0 Å². The van der Waals surface area contributed by atoms with Crippen LogP contribution in [0.4, 0.5) is 0 Å². The Hall–Kier alpha value is -3.73. The summed E-state index contributed by atoms with van der Waals surface area (Å²) in [4.78, 5) is 12.3. The second-order valence-electron chi connectivity index (χ2n) is 7.16. The van der Waals surface area contributed by atoms with Crippen LogP contribution in [0.3, 0.4) is 0 Å². The smallest absolute Gasteiger partial charge is 0.342 e. The van der Waals surface area contributed by atoms with Crippen molar-refractivity contribution in [2.75, 3.05) is 6.61 Å². The molecule has 0 aliphatic rings. The predicted molar refractivity (Wildman–Crippen MR) is 136 cm³/mol. The minimum absolute atomic E-state index is 0.0728. The molecule has 1 heterocycles. The lowest BCUT2D eigenvalue weighted by Crippen LogP contribution is -2.03. The molecule has 0 aliphatic carbocycles. The minimum atomic E-state index is -1.08. The van der Waals surface area contributed by atoms with E-state index in [4.69, 9.17) is 22.8 Å². The fourth-order valence-electron chi connectivity index (χ4n) is 3.50. The van der Waals surface area contributed by atoms with Gasteiger partial charge in [0, 0.05) is 22.7 Å². The van der Waals surface area contributed by atoms with Gasteiger partial charge in [0.1, 0.15) is 17.3 Å². The SMILES string of the molecule is C#CCOc1ccc2ccccc2c1/C=C(\Sc1nnc(-c2ccc(Cl)cc2)n1CC)C(=O)O. The van der Waals surface area contributed by atoms with Gasteiger partial charge in [0.05, 0.1) is 0 Å². The van der Waals surface area contributed by atoms with Crippen LogP contribution in [0.2, 0.25) is 5.02 Å². The van der Waals surface area contributed by atoms with Gasteiger partial charge >= 0.3 is 5.97 Å². The normalized spacial score (nSPS) is 11.4. The number of hydrogen-bond acceptors (Lipinski definition) is 5. The van der Waals surface area contributed by atoms with Gasteiger partial charge < -0.3 is 14.4 Å². The number of benzene rings is 3. The summed E-state index contributed by atoms with van der Waals surface area (Å²) < 4.78 is 7.58. The molecule has 0 fully saturated rings. The monoisotopic (exact) mass is 489 g/mol. The molecule has 1 N–H and O–H groups in total. The molecule has 4 aromatic rings. The standard InChI is InChI=1S/C26H20ClN3O3S/c1-3-15-33-22-14-11-17-7-5-6-8-20(17)21(22)16-23(25(31)32)34-26-29-28-24(30(26)4-2)18-9-12-19(27)13-10-18/h1,5-14,16H,4,15H2,2H3,(H,31,32)/b23-16-. The maximum atomic E-state index is 12.2. The summed E-state index contributed by atoms with van der Waals surface area (Å²) in [6.45, 7) is 2.59. The zero-order valence-corrected chi connectivity index (χ0v) is 19.8. The van der Waals surface area contributed by atoms with Gasteiger partial charge in [-0.05, 0) is 65.9 Å². The summed E-state index contributed by atoms with van der Waals surface area (Å²) in [6, 6.07) is 18.7. The fourth-order valence-corrected chi connectivity index (χ4v) is 4.49. The van der Waals surface area contributed by atoms with E-state index in [1.54, 1.807) is 24.3 Å². The number of aliphatic carboxylic acids is 1. The Balaban J connectivity index is 1.78. The molecule has 0 atom stereocenters. The Morgan fingerprint density at radius 2 is 1.94 bits per heavy atom. The van der Waals surface area contributed by atoms with E-state index in [1.807, 2.05) is 54.0 Å². The number of rotatable bonds is 8. The Kier molecular flexibility index (Phi) is 7.21. The summed E-state index contributed by atoms with van der Waals surface area (Å²) in [7, 11) is 0. The minimum Gasteiger partial charge on any atom is -0.480 e. The molecular weight excluding hydrogens is 470 g/mol. The molecule has 4 rings (SSSR count). The molecule has 0 saturated carbocycles. The number of halogens is 1. The first-order valence-corrected chi connectivity index (χ1v) is 11.6. The topological polar surface area (TPSA) is 77.2 Å². The Bertz CT molecular complexity index is 1420. The van der Waals surface area contributed by atoms with E-state index in [2.05, 4.69) is 16.1 Å². The molecule has 1 aromatic heterocycles. The number of ether oxygens (including phenoxy) is 1. The molecule has 0 spiro atoms. The highest BCUT2D eigenvalue weighted by Crippen LogP contribution is 2.35. The van der Waals surface area contributed by atoms with E-state index < -0.39 is 5.97 Å². The highest BCUT2D eigenvalue weighted by atomic mass is 35.5. The van der Waals surface area contributed by atoms with Crippen molar-refractivity contribution in [1.29, 1.82) is 0 Å². The van der Waals surface area contributed by atoms with Crippen LogP contribution in [-0.2, 0) is 11.3 Å². The molecule has 8 heteroatoms. The third-order valence-electron chi connectivity index (χ3n) is 5.06. The van der Waals surface area contributed by atoms with Gasteiger partial charge in [-0.15, -0.1) is 16.6 Å². The molecule has 0 aliphatic heterocycles. The van der Waals surface area contributed by atoms with E-state index >= 15 is 0 Å². The molecule has 0 saturated heterocycles. The van der Waals surface area contributed by atoms with Crippen molar-refractivity contribution < 1.29 is 14.6 Å². The third-order valence-corrected chi connectivity index (χ3v) is 6.31. The summed E-state index contributed by atoms with van der Waals surface area (Å²) in [6.07, 6.45) is 6.96. The predicted octanol–water partition coefficient (Wildman–Crippen LogP) is 6.00. The summed E-state index contributed by atoms with van der Waals surface area (Å²) in [5.41, 5.74) is 1.48. The van der Waals surface area contributed by atoms with Crippen molar-refractivity contribution in [2.45, 2.75) is 18.6 Å². The molecule has 0 bridgehead atoms. The summed E-state index contributed by atoms with van der Waals surface area (Å²) in [5.74, 6) is 2.51. The van der Waals surface area contributed by atoms with Gasteiger partial charge in [-0.2, -0.15) is 0 Å². The first-order chi connectivity index (χ1) is 16.5. The molecule has 3 aromatic carbocycles. The lowest BCUT2D eigenvalue weighted by atomic mass is 10.0. The van der Waals surface area contributed by atoms with Crippen molar-refractivity contribution in [3.8, 4) is 29.5 Å². The van der Waals surface area contributed by atoms with Gasteiger partial charge in [0.2, 0.25) is 0 Å². The van der Waals surface area contributed by atoms with Crippen LogP contribution in [0.25, 0.3) is 28.2 Å². The number of aromatic nitrogens is 3. The van der Waals surface area contributed by atoms with Crippen LogP contribution in [0, 0.1) is 12.3 Å². The number of carbonyl (C=O) groups is 1. The number of nitrogens with zero attached hydrogens (tertiary/aromatic N) is 3. The second kappa shape index (κ2) is 10.5. The van der Waals surface area contributed by atoms with Crippen molar-refractivity contribution in [1.82, 2.24) is 14.8 Å². The average molecular weight is 490 g/mol. The average Bonchev–Trinajstić information content (AvgIpc) is 3.25. The third kappa shape index (κ3) is 4.93. The molecule has 0 unspecified atom stereocenters. The zero-order chi connectivity index (χ0) is 24.1. The van der Waals surface area contributed by atoms with Crippen LogP contribution in [0.5, 0.6) is 5.75 Å².